The van der Waals surface area contributed by atoms with Gasteiger partial charge in [-0.15, -0.1) is 0 Å². The van der Waals surface area contributed by atoms with Crippen molar-refractivity contribution in [3.8, 4) is 11.5 Å². The maximum Gasteiger partial charge on any atom is 0.194 e. The molecule has 2 aromatic rings. The zero-order valence-electron chi connectivity index (χ0n) is 11.8. The van der Waals surface area contributed by atoms with Crippen LogP contribution >= 0.6 is 0 Å². The summed E-state index contributed by atoms with van der Waals surface area (Å²) >= 11 is 0. The van der Waals surface area contributed by atoms with Crippen LogP contribution in [0.1, 0.15) is 38.8 Å². The van der Waals surface area contributed by atoms with E-state index in [9.17, 15) is 9.59 Å². The summed E-state index contributed by atoms with van der Waals surface area (Å²) in [6.07, 6.45) is 0. The molecule has 0 saturated carbocycles. The van der Waals surface area contributed by atoms with Crippen molar-refractivity contribution in [1.82, 2.24) is 0 Å². The van der Waals surface area contributed by atoms with E-state index in [0.29, 0.717) is 40.4 Å². The maximum absolute atomic E-state index is 12.6. The molecular weight excluding hydrogens is 268 g/mol. The summed E-state index contributed by atoms with van der Waals surface area (Å²) in [7, 11) is 1.51. The molecule has 0 saturated heterocycles. The molecule has 21 heavy (non-hydrogen) atoms. The fourth-order valence-electron chi connectivity index (χ4n) is 2.53. The zero-order chi connectivity index (χ0) is 15.0. The predicted octanol–water partition coefficient (Wildman–Crippen LogP) is 2.87. The third-order valence-electron chi connectivity index (χ3n) is 3.51. The number of methoxy groups -OCH3 is 1. The number of carbonyl (C=O) groups is 2. The number of ether oxygens (including phenoxy) is 2. The van der Waals surface area contributed by atoms with Crippen LogP contribution in [0.4, 0.5) is 0 Å². The van der Waals surface area contributed by atoms with E-state index in [1.165, 1.54) is 7.11 Å². The van der Waals surface area contributed by atoms with Crippen molar-refractivity contribution in [2.24, 2.45) is 0 Å². The normalized spacial score (nSPS) is 12.7. The van der Waals surface area contributed by atoms with E-state index in [1.807, 2.05) is 6.92 Å². The highest BCUT2D eigenvalue weighted by molar-refractivity contribution is 6.28. The van der Waals surface area contributed by atoms with Crippen molar-refractivity contribution < 1.29 is 19.1 Å². The molecule has 0 aliphatic heterocycles. The van der Waals surface area contributed by atoms with Gasteiger partial charge in [-0.2, -0.15) is 0 Å². The number of hydrogen-bond acceptors (Lipinski definition) is 4. The maximum atomic E-state index is 12.6. The van der Waals surface area contributed by atoms with Gasteiger partial charge in [0.2, 0.25) is 0 Å². The largest absolute Gasteiger partial charge is 0.493 e. The Balaban J connectivity index is 2.23. The van der Waals surface area contributed by atoms with Gasteiger partial charge in [-0.1, -0.05) is 24.3 Å². The highest BCUT2D eigenvalue weighted by Gasteiger charge is 2.31. The number of rotatable bonds is 3. The molecule has 106 valence electrons. The summed E-state index contributed by atoms with van der Waals surface area (Å²) in [5.74, 6) is 0.598. The number of ketones is 2. The molecular formula is C17H14O4. The first kappa shape index (κ1) is 13.4. The zero-order valence-corrected chi connectivity index (χ0v) is 11.8. The molecule has 0 fully saturated rings. The minimum Gasteiger partial charge on any atom is -0.493 e. The van der Waals surface area contributed by atoms with E-state index in [2.05, 4.69) is 0 Å². The second-order valence-electron chi connectivity index (χ2n) is 4.69. The van der Waals surface area contributed by atoms with Crippen LogP contribution in [0.2, 0.25) is 0 Å². The first-order valence-corrected chi connectivity index (χ1v) is 6.70. The molecule has 4 heteroatoms. The molecule has 3 rings (SSSR count). The Morgan fingerprint density at radius 1 is 0.857 bits per heavy atom. The third-order valence-corrected chi connectivity index (χ3v) is 3.51. The molecule has 0 radical (unpaired) electrons. The van der Waals surface area contributed by atoms with E-state index >= 15 is 0 Å². The van der Waals surface area contributed by atoms with Crippen LogP contribution in [0.25, 0.3) is 0 Å². The van der Waals surface area contributed by atoms with Gasteiger partial charge >= 0.3 is 0 Å². The van der Waals surface area contributed by atoms with Crippen LogP contribution < -0.4 is 9.47 Å². The summed E-state index contributed by atoms with van der Waals surface area (Å²) in [6.45, 7) is 2.30. The lowest BCUT2D eigenvalue weighted by molar-refractivity contribution is 0.0978. The van der Waals surface area contributed by atoms with E-state index < -0.39 is 0 Å². The van der Waals surface area contributed by atoms with Gasteiger partial charge in [-0.05, 0) is 19.1 Å². The van der Waals surface area contributed by atoms with Crippen molar-refractivity contribution in [1.29, 1.82) is 0 Å². The lowest BCUT2D eigenvalue weighted by Crippen LogP contribution is -2.21. The average Bonchev–Trinajstić information content (AvgIpc) is 2.52. The number of fused-ring (bicyclic) bond motifs is 2. The summed E-state index contributed by atoms with van der Waals surface area (Å²) in [5, 5.41) is 0. The standard InChI is InChI=1S/C17H14O4/c1-3-21-15-9-13-12(8-14(15)20-2)16(18)10-6-4-5-7-11(10)17(13)19/h4-9H,3H2,1-2H3. The second kappa shape index (κ2) is 5.05. The van der Waals surface area contributed by atoms with Gasteiger partial charge in [-0.25, -0.2) is 0 Å². The average molecular weight is 282 g/mol. The Morgan fingerprint density at radius 2 is 1.38 bits per heavy atom. The summed E-state index contributed by atoms with van der Waals surface area (Å²) in [6, 6.07) is 10.0. The molecule has 0 N–H and O–H groups in total. The summed E-state index contributed by atoms with van der Waals surface area (Å²) in [4.78, 5) is 25.1. The Labute approximate surface area is 122 Å². The van der Waals surface area contributed by atoms with Gasteiger partial charge in [0.25, 0.3) is 0 Å². The van der Waals surface area contributed by atoms with E-state index in [4.69, 9.17) is 9.47 Å². The fraction of sp³-hybridized carbons (Fsp3) is 0.176. The molecule has 0 atom stereocenters. The van der Waals surface area contributed by atoms with Crippen molar-refractivity contribution in [2.75, 3.05) is 13.7 Å². The molecule has 4 nitrogen and oxygen atoms in total. The molecule has 0 heterocycles. The van der Waals surface area contributed by atoms with Crippen molar-refractivity contribution in [3.63, 3.8) is 0 Å². The molecule has 0 amide bonds. The fourth-order valence-corrected chi connectivity index (χ4v) is 2.53. The highest BCUT2D eigenvalue weighted by atomic mass is 16.5. The minimum absolute atomic E-state index is 0.163. The Kier molecular flexibility index (Phi) is 3.22. The molecule has 0 spiro atoms. The van der Waals surface area contributed by atoms with E-state index in [1.54, 1.807) is 36.4 Å². The van der Waals surface area contributed by atoms with Crippen molar-refractivity contribution in [3.05, 3.63) is 58.7 Å². The first-order valence-electron chi connectivity index (χ1n) is 6.70. The van der Waals surface area contributed by atoms with Gasteiger partial charge in [0.1, 0.15) is 0 Å². The number of carbonyl (C=O) groups excluding carboxylic acids is 2. The quantitative estimate of drug-likeness (QED) is 0.741. The molecule has 0 aromatic heterocycles. The molecule has 0 bridgehead atoms. The molecule has 0 unspecified atom stereocenters. The van der Waals surface area contributed by atoms with Crippen molar-refractivity contribution in [2.45, 2.75) is 6.92 Å². The van der Waals surface area contributed by atoms with Crippen LogP contribution in [-0.2, 0) is 0 Å². The SMILES string of the molecule is CCOc1cc2c(cc1OC)C(=O)c1ccccc1C2=O. The van der Waals surface area contributed by atoms with Crippen molar-refractivity contribution >= 4 is 11.6 Å². The van der Waals surface area contributed by atoms with Gasteiger partial charge in [0.15, 0.2) is 23.1 Å². The molecule has 1 aliphatic rings. The second-order valence-corrected chi connectivity index (χ2v) is 4.69. The summed E-state index contributed by atoms with van der Waals surface area (Å²) < 4.78 is 10.7. The Morgan fingerprint density at radius 3 is 1.86 bits per heavy atom. The lowest BCUT2D eigenvalue weighted by Gasteiger charge is -2.19. The number of benzene rings is 2. The third kappa shape index (κ3) is 2.00. The summed E-state index contributed by atoms with van der Waals surface area (Å²) in [5.41, 5.74) is 1.59. The van der Waals surface area contributed by atoms with Gasteiger partial charge in [-0.3, -0.25) is 9.59 Å². The van der Waals surface area contributed by atoms with E-state index in [0.717, 1.165) is 0 Å². The van der Waals surface area contributed by atoms with Crippen LogP contribution in [0.3, 0.4) is 0 Å². The highest BCUT2D eigenvalue weighted by Crippen LogP contribution is 2.36. The molecule has 1 aliphatic carbocycles. The van der Waals surface area contributed by atoms with Crippen LogP contribution in [0.15, 0.2) is 36.4 Å². The van der Waals surface area contributed by atoms with Crippen LogP contribution in [0.5, 0.6) is 11.5 Å². The Hall–Kier alpha value is -2.62. The van der Waals surface area contributed by atoms with Gasteiger partial charge in [0.05, 0.1) is 13.7 Å². The lowest BCUT2D eigenvalue weighted by atomic mass is 9.84. The topological polar surface area (TPSA) is 52.6 Å². The number of hydrogen-bond donors (Lipinski definition) is 0. The first-order chi connectivity index (χ1) is 10.2. The Bertz CT molecular complexity index is 746. The van der Waals surface area contributed by atoms with Gasteiger partial charge in [0, 0.05) is 22.3 Å². The monoisotopic (exact) mass is 282 g/mol. The van der Waals surface area contributed by atoms with Crippen LogP contribution in [0, 0.1) is 0 Å². The van der Waals surface area contributed by atoms with Crippen LogP contribution in [-0.4, -0.2) is 25.3 Å². The predicted molar refractivity (Wildman–Crippen MR) is 77.5 cm³/mol. The van der Waals surface area contributed by atoms with Gasteiger partial charge < -0.3 is 9.47 Å². The molecule has 2 aromatic carbocycles. The smallest absolute Gasteiger partial charge is 0.194 e. The van der Waals surface area contributed by atoms with E-state index in [-0.39, 0.29) is 11.6 Å². The minimum atomic E-state index is -0.165.